The predicted molar refractivity (Wildman–Crippen MR) is 134 cm³/mol. The Morgan fingerprint density at radius 2 is 0.975 bits per heavy atom. The van der Waals surface area contributed by atoms with Crippen LogP contribution in [0.25, 0.3) is 0 Å². The third kappa shape index (κ3) is 8.67. The van der Waals surface area contributed by atoms with Crippen molar-refractivity contribution in [3.63, 3.8) is 0 Å². The van der Waals surface area contributed by atoms with E-state index in [1.54, 1.807) is 18.7 Å². The number of carbonyl (C=O) groups excluding carboxylic acids is 2. The first-order chi connectivity index (χ1) is 18.4. The Morgan fingerprint density at radius 1 is 0.625 bits per heavy atom. The zero-order valence-electron chi connectivity index (χ0n) is 22.2. The van der Waals surface area contributed by atoms with Gasteiger partial charge in [0.05, 0.1) is 0 Å². The van der Waals surface area contributed by atoms with Crippen molar-refractivity contribution in [2.75, 3.05) is 28.4 Å². The van der Waals surface area contributed by atoms with Gasteiger partial charge in [0.1, 0.15) is 0 Å². The van der Waals surface area contributed by atoms with Gasteiger partial charge in [-0.15, -0.1) is 0 Å². The van der Waals surface area contributed by atoms with Crippen LogP contribution in [0, 0.1) is 0 Å². The Labute approximate surface area is 229 Å². The Hall–Kier alpha value is -2.66. The summed E-state index contributed by atoms with van der Waals surface area (Å²) in [6, 6.07) is 0. The van der Waals surface area contributed by atoms with Crippen LogP contribution in [0.1, 0.15) is 0 Å². The minimum Gasteiger partial charge on any atom is -0.405 e. The van der Waals surface area contributed by atoms with Gasteiger partial charge in [-0.05, 0) is 72.9 Å². The number of alkyl halides is 6. The first kappa shape index (κ1) is 35.4. The number of rotatable bonds is 6. The Kier molecular flexibility index (Phi) is 12.2. The van der Waals surface area contributed by atoms with Crippen LogP contribution >= 0.6 is 0 Å². The fraction of sp³-hybridized carbons (Fsp3) is 0.440. The topological polar surface area (TPSA) is 101 Å². The summed E-state index contributed by atoms with van der Waals surface area (Å²) >= 11 is 0. The second-order valence-corrected chi connectivity index (χ2v) is 8.98. The van der Waals surface area contributed by atoms with Gasteiger partial charge in [-0.1, -0.05) is 6.55 Å². The van der Waals surface area contributed by atoms with E-state index in [2.05, 4.69) is 0 Å². The van der Waals surface area contributed by atoms with Gasteiger partial charge in [0, 0.05) is 28.4 Å². The van der Waals surface area contributed by atoms with E-state index in [9.17, 15) is 41.0 Å². The average molecular weight is 601 g/mol. The van der Waals surface area contributed by atoms with Crippen LogP contribution in [0.5, 0.6) is 0 Å². The van der Waals surface area contributed by atoms with Crippen LogP contribution in [0.4, 0.5) is 26.3 Å². The Bertz CT molecular complexity index is 1010. The number of aliphatic hydroxyl groups is 1. The number of methoxy groups -OCH3 is 4. The van der Waals surface area contributed by atoms with Gasteiger partial charge in [0.2, 0.25) is 11.6 Å². The molecule has 0 spiro atoms. The van der Waals surface area contributed by atoms with Crippen LogP contribution in [0.2, 0.25) is 6.55 Å². The quantitative estimate of drug-likeness (QED) is 0.215. The van der Waals surface area contributed by atoms with Crippen molar-refractivity contribution in [1.82, 2.24) is 0 Å². The summed E-state index contributed by atoms with van der Waals surface area (Å²) < 4.78 is 99.4. The van der Waals surface area contributed by atoms with E-state index in [1.165, 1.54) is 40.6 Å². The monoisotopic (exact) mass is 600 g/mol. The standard InChI is InChI=1S/C9H11F3O3.C8H9F3O2Si.C8H10O3/c1-14-8(15-2)5-3-7(13,4-6-8)9(10,11)12;1-14-13-7(8(9,10)11)4-2-6(12)3-5-7;1-10-8(11-2)5-3-7(9)4-6-8/h3-6,13H,1-2H3;2-5H,14H2,1H3;3-6H,1-2H3. The molecule has 0 aromatic rings. The second kappa shape index (κ2) is 13.8. The van der Waals surface area contributed by atoms with Crippen LogP contribution in [-0.2, 0) is 33.0 Å². The van der Waals surface area contributed by atoms with Gasteiger partial charge in [-0.2, -0.15) is 26.3 Å². The molecule has 8 nitrogen and oxygen atoms in total. The molecule has 0 saturated carbocycles. The van der Waals surface area contributed by atoms with Crippen molar-refractivity contribution in [1.29, 1.82) is 0 Å². The third-order valence-electron chi connectivity index (χ3n) is 5.65. The molecule has 0 atom stereocenters. The lowest BCUT2D eigenvalue weighted by atomic mass is 9.95. The van der Waals surface area contributed by atoms with Crippen molar-refractivity contribution in [2.24, 2.45) is 0 Å². The second-order valence-electron chi connectivity index (χ2n) is 8.11. The van der Waals surface area contributed by atoms with Crippen molar-refractivity contribution < 1.29 is 64.4 Å². The van der Waals surface area contributed by atoms with Crippen LogP contribution in [0.3, 0.4) is 0 Å². The maximum atomic E-state index is 12.6. The molecule has 0 saturated heterocycles. The van der Waals surface area contributed by atoms with E-state index in [-0.39, 0.29) is 5.78 Å². The molecule has 3 aliphatic carbocycles. The van der Waals surface area contributed by atoms with Crippen molar-refractivity contribution in [2.45, 2.75) is 41.7 Å². The van der Waals surface area contributed by atoms with Crippen LogP contribution < -0.4 is 0 Å². The highest BCUT2D eigenvalue weighted by atomic mass is 28.2. The number of ether oxygens (including phenoxy) is 4. The average Bonchev–Trinajstić information content (AvgIpc) is 2.91. The lowest BCUT2D eigenvalue weighted by Crippen LogP contribution is -2.46. The lowest BCUT2D eigenvalue weighted by molar-refractivity contribution is -0.224. The summed E-state index contributed by atoms with van der Waals surface area (Å²) in [4.78, 5) is 21.4. The van der Waals surface area contributed by atoms with Crippen molar-refractivity contribution in [3.8, 4) is 0 Å². The van der Waals surface area contributed by atoms with E-state index >= 15 is 0 Å². The Balaban J connectivity index is 0.000000304. The maximum Gasteiger partial charge on any atom is 0.424 e. The van der Waals surface area contributed by atoms with Crippen molar-refractivity contribution in [3.05, 3.63) is 72.9 Å². The molecule has 0 aliphatic heterocycles. The summed E-state index contributed by atoms with van der Waals surface area (Å²) in [5, 5.41) is 9.22. The Morgan fingerprint density at radius 3 is 1.27 bits per heavy atom. The van der Waals surface area contributed by atoms with Gasteiger partial charge in [0.25, 0.3) is 0 Å². The van der Waals surface area contributed by atoms with Gasteiger partial charge in [-0.25, -0.2) is 0 Å². The third-order valence-corrected chi connectivity index (χ3v) is 6.41. The normalized spacial score (nSPS) is 21.7. The molecular formula is C25H30F6O8Si. The molecule has 1 N–H and O–H groups in total. The number of carbonyl (C=O) groups is 2. The number of hydrogen-bond donors (Lipinski definition) is 1. The minimum absolute atomic E-state index is 0.0466. The maximum absolute atomic E-state index is 12.6. The van der Waals surface area contributed by atoms with E-state index in [0.717, 1.165) is 36.5 Å². The first-order valence-corrected chi connectivity index (χ1v) is 13.4. The predicted octanol–water partition coefficient (Wildman–Crippen LogP) is 3.20. The fourth-order valence-corrected chi connectivity index (χ4v) is 3.97. The van der Waals surface area contributed by atoms with E-state index in [1.807, 2.05) is 0 Å². The minimum atomic E-state index is -4.76. The molecule has 0 amide bonds. The summed E-state index contributed by atoms with van der Waals surface area (Å²) in [7, 11) is 4.40. The smallest absolute Gasteiger partial charge is 0.405 e. The molecule has 40 heavy (non-hydrogen) atoms. The SMILES string of the molecule is COC1(OC)C=CC(=O)C=C1.COC1(OC)C=CC(O)(C(F)(F)F)C=C1.C[SiH2]OC1(C(F)(F)F)C=CC(=O)C=C1. The lowest BCUT2D eigenvalue weighted by Gasteiger charge is -2.32. The molecule has 0 aromatic heterocycles. The zero-order valence-corrected chi connectivity index (χ0v) is 23.6. The van der Waals surface area contributed by atoms with E-state index < -0.39 is 50.7 Å². The summed E-state index contributed by atoms with van der Waals surface area (Å²) in [6.07, 6.45) is 3.27. The molecule has 0 bridgehead atoms. The fourth-order valence-electron chi connectivity index (χ4n) is 3.13. The number of hydrogen-bond acceptors (Lipinski definition) is 8. The van der Waals surface area contributed by atoms with E-state index in [0.29, 0.717) is 12.2 Å². The van der Waals surface area contributed by atoms with Crippen LogP contribution in [0.15, 0.2) is 72.9 Å². The highest BCUT2D eigenvalue weighted by molar-refractivity contribution is 6.25. The molecule has 0 heterocycles. The highest BCUT2D eigenvalue weighted by Crippen LogP contribution is 2.38. The molecular weight excluding hydrogens is 570 g/mol. The zero-order chi connectivity index (χ0) is 30.9. The van der Waals surface area contributed by atoms with Gasteiger partial charge < -0.3 is 28.5 Å². The van der Waals surface area contributed by atoms with Crippen LogP contribution in [-0.4, -0.2) is 90.0 Å². The summed E-state index contributed by atoms with van der Waals surface area (Å²) in [6.45, 7) is 1.60. The highest BCUT2D eigenvalue weighted by Gasteiger charge is 2.53. The summed E-state index contributed by atoms with van der Waals surface area (Å²) in [5.74, 6) is -2.67. The number of ketones is 2. The summed E-state index contributed by atoms with van der Waals surface area (Å²) in [5.41, 5.74) is -5.32. The largest absolute Gasteiger partial charge is 0.424 e. The molecule has 3 rings (SSSR count). The molecule has 0 fully saturated rings. The van der Waals surface area contributed by atoms with Gasteiger partial charge in [-0.3, -0.25) is 9.59 Å². The molecule has 3 aliphatic rings. The molecule has 0 radical (unpaired) electrons. The number of allylic oxidation sites excluding steroid dienone is 4. The van der Waals surface area contributed by atoms with E-state index in [4.69, 9.17) is 23.4 Å². The molecule has 0 aromatic carbocycles. The first-order valence-electron chi connectivity index (χ1n) is 11.4. The van der Waals surface area contributed by atoms with Crippen molar-refractivity contribution >= 4 is 21.3 Å². The molecule has 224 valence electrons. The number of halogens is 6. The van der Waals surface area contributed by atoms with Gasteiger partial charge >= 0.3 is 12.4 Å². The van der Waals surface area contributed by atoms with Gasteiger partial charge in [0.15, 0.2) is 32.5 Å². The molecule has 15 heteroatoms. The molecule has 0 unspecified atom stereocenters.